The summed E-state index contributed by atoms with van der Waals surface area (Å²) in [5, 5.41) is 0.482. The zero-order valence-electron chi connectivity index (χ0n) is 7.98. The molecule has 2 aliphatic rings. The Kier molecular flexibility index (Phi) is 2.37. The molecule has 1 heteroatoms. The molecule has 70 valence electrons. The molecule has 0 N–H and O–H groups in total. The Balaban J connectivity index is 2.00. The van der Waals surface area contributed by atoms with E-state index in [1.54, 1.807) is 0 Å². The van der Waals surface area contributed by atoms with Crippen molar-refractivity contribution >= 4 is 11.6 Å². The average molecular weight is 187 g/mol. The van der Waals surface area contributed by atoms with Gasteiger partial charge in [-0.2, -0.15) is 0 Å². The summed E-state index contributed by atoms with van der Waals surface area (Å²) >= 11 is 6.18. The van der Waals surface area contributed by atoms with Crippen LogP contribution in [0.2, 0.25) is 0 Å². The highest BCUT2D eigenvalue weighted by molar-refractivity contribution is 6.20. The highest BCUT2D eigenvalue weighted by Crippen LogP contribution is 2.51. The Hall–Kier alpha value is 0.290. The van der Waals surface area contributed by atoms with E-state index in [-0.39, 0.29) is 0 Å². The molecule has 2 rings (SSSR count). The van der Waals surface area contributed by atoms with E-state index < -0.39 is 0 Å². The molecule has 2 unspecified atom stereocenters. The van der Waals surface area contributed by atoms with Gasteiger partial charge in [0, 0.05) is 5.38 Å². The standard InChI is InChI=1S/C11H19Cl/c1-11(7-6-10(12)8-11)9-4-2-3-5-9/h9-10H,2-8H2,1H3. The van der Waals surface area contributed by atoms with Gasteiger partial charge in [0.25, 0.3) is 0 Å². The molecular formula is C11H19Cl. The predicted molar refractivity (Wildman–Crippen MR) is 53.6 cm³/mol. The van der Waals surface area contributed by atoms with E-state index in [4.69, 9.17) is 11.6 Å². The number of hydrogen-bond donors (Lipinski definition) is 0. The van der Waals surface area contributed by atoms with Crippen molar-refractivity contribution in [2.45, 2.75) is 57.2 Å². The molecule has 2 aliphatic carbocycles. The third-order valence-corrected chi connectivity index (χ3v) is 4.43. The zero-order chi connectivity index (χ0) is 8.60. The number of halogens is 1. The molecule has 0 aromatic rings. The minimum Gasteiger partial charge on any atom is -0.123 e. The van der Waals surface area contributed by atoms with Crippen LogP contribution in [-0.4, -0.2) is 5.38 Å². The average Bonchev–Trinajstić information content (AvgIpc) is 2.59. The second kappa shape index (κ2) is 3.21. The van der Waals surface area contributed by atoms with Gasteiger partial charge in [-0.15, -0.1) is 11.6 Å². The molecule has 2 fully saturated rings. The molecule has 0 spiro atoms. The molecule has 2 atom stereocenters. The first-order valence-corrected chi connectivity index (χ1v) is 5.78. The van der Waals surface area contributed by atoms with Gasteiger partial charge in [-0.05, 0) is 43.4 Å². The van der Waals surface area contributed by atoms with Crippen LogP contribution in [-0.2, 0) is 0 Å². The molecule has 0 nitrogen and oxygen atoms in total. The minimum absolute atomic E-state index is 0.482. The van der Waals surface area contributed by atoms with Gasteiger partial charge in [-0.3, -0.25) is 0 Å². The second-order valence-electron chi connectivity index (χ2n) is 4.98. The van der Waals surface area contributed by atoms with E-state index in [1.165, 1.54) is 44.9 Å². The van der Waals surface area contributed by atoms with Gasteiger partial charge >= 0.3 is 0 Å². The van der Waals surface area contributed by atoms with Crippen LogP contribution in [0.25, 0.3) is 0 Å². The van der Waals surface area contributed by atoms with E-state index in [1.807, 2.05) is 0 Å². The third kappa shape index (κ3) is 1.51. The van der Waals surface area contributed by atoms with Crippen LogP contribution in [0.15, 0.2) is 0 Å². The summed E-state index contributed by atoms with van der Waals surface area (Å²) in [6, 6.07) is 0. The van der Waals surface area contributed by atoms with Crippen LogP contribution < -0.4 is 0 Å². The van der Waals surface area contributed by atoms with Gasteiger partial charge in [-0.25, -0.2) is 0 Å². The second-order valence-corrected chi connectivity index (χ2v) is 5.59. The molecule has 0 heterocycles. The molecule has 0 amide bonds. The summed E-state index contributed by atoms with van der Waals surface area (Å²) in [7, 11) is 0. The van der Waals surface area contributed by atoms with Gasteiger partial charge in [-0.1, -0.05) is 19.8 Å². The van der Waals surface area contributed by atoms with Gasteiger partial charge in [0.15, 0.2) is 0 Å². The Bertz CT molecular complexity index is 160. The summed E-state index contributed by atoms with van der Waals surface area (Å²) in [6.07, 6.45) is 9.79. The highest BCUT2D eigenvalue weighted by Gasteiger charge is 2.41. The van der Waals surface area contributed by atoms with Gasteiger partial charge in [0.1, 0.15) is 0 Å². The third-order valence-electron chi connectivity index (χ3n) is 4.06. The normalized spacial score (nSPS) is 44.0. The van der Waals surface area contributed by atoms with E-state index in [0.29, 0.717) is 10.8 Å². The molecule has 0 bridgehead atoms. The summed E-state index contributed by atoms with van der Waals surface area (Å²) < 4.78 is 0. The lowest BCUT2D eigenvalue weighted by atomic mass is 9.75. The largest absolute Gasteiger partial charge is 0.123 e. The van der Waals surface area contributed by atoms with Crippen molar-refractivity contribution in [1.82, 2.24) is 0 Å². The van der Waals surface area contributed by atoms with E-state index in [0.717, 1.165) is 5.92 Å². The van der Waals surface area contributed by atoms with Crippen LogP contribution in [0.4, 0.5) is 0 Å². The lowest BCUT2D eigenvalue weighted by molar-refractivity contribution is 0.197. The first kappa shape index (κ1) is 8.87. The predicted octanol–water partition coefficient (Wildman–Crippen LogP) is 3.97. The Labute approximate surface area is 80.7 Å². The maximum absolute atomic E-state index is 6.18. The monoisotopic (exact) mass is 186 g/mol. The van der Waals surface area contributed by atoms with Crippen molar-refractivity contribution in [2.24, 2.45) is 11.3 Å². The van der Waals surface area contributed by atoms with Crippen LogP contribution in [0.1, 0.15) is 51.9 Å². The summed E-state index contributed by atoms with van der Waals surface area (Å²) in [5.74, 6) is 1.00. The molecule has 0 aromatic carbocycles. The maximum Gasteiger partial charge on any atom is 0.0341 e. The van der Waals surface area contributed by atoms with Crippen molar-refractivity contribution in [1.29, 1.82) is 0 Å². The van der Waals surface area contributed by atoms with Crippen molar-refractivity contribution in [2.75, 3.05) is 0 Å². The maximum atomic E-state index is 6.18. The Morgan fingerprint density at radius 1 is 1.17 bits per heavy atom. The van der Waals surface area contributed by atoms with E-state index >= 15 is 0 Å². The molecular weight excluding hydrogens is 168 g/mol. The quantitative estimate of drug-likeness (QED) is 0.544. The van der Waals surface area contributed by atoms with Crippen LogP contribution in [0.5, 0.6) is 0 Å². The summed E-state index contributed by atoms with van der Waals surface area (Å²) in [5.41, 5.74) is 0.614. The summed E-state index contributed by atoms with van der Waals surface area (Å²) in [6.45, 7) is 2.46. The zero-order valence-corrected chi connectivity index (χ0v) is 8.74. The smallest absolute Gasteiger partial charge is 0.0341 e. The first-order valence-electron chi connectivity index (χ1n) is 5.35. The Morgan fingerprint density at radius 2 is 1.83 bits per heavy atom. The minimum atomic E-state index is 0.482. The van der Waals surface area contributed by atoms with Gasteiger partial charge in [0.2, 0.25) is 0 Å². The first-order chi connectivity index (χ1) is 5.71. The molecule has 0 saturated heterocycles. The fraction of sp³-hybridized carbons (Fsp3) is 1.00. The van der Waals surface area contributed by atoms with Crippen LogP contribution >= 0.6 is 11.6 Å². The molecule has 12 heavy (non-hydrogen) atoms. The lowest BCUT2D eigenvalue weighted by Crippen LogP contribution is -2.22. The lowest BCUT2D eigenvalue weighted by Gasteiger charge is -2.31. The summed E-state index contributed by atoms with van der Waals surface area (Å²) in [4.78, 5) is 0. The highest BCUT2D eigenvalue weighted by atomic mass is 35.5. The molecule has 0 radical (unpaired) electrons. The van der Waals surface area contributed by atoms with E-state index in [9.17, 15) is 0 Å². The number of rotatable bonds is 1. The molecule has 2 saturated carbocycles. The van der Waals surface area contributed by atoms with E-state index in [2.05, 4.69) is 6.92 Å². The fourth-order valence-corrected chi connectivity index (χ4v) is 3.65. The SMILES string of the molecule is CC1(C2CCCC2)CCC(Cl)C1. The number of hydrogen-bond acceptors (Lipinski definition) is 0. The van der Waals surface area contributed by atoms with Crippen LogP contribution in [0, 0.1) is 11.3 Å². The molecule has 0 aliphatic heterocycles. The van der Waals surface area contributed by atoms with Crippen LogP contribution in [0.3, 0.4) is 0 Å². The number of alkyl halides is 1. The fourth-order valence-electron chi connectivity index (χ4n) is 3.19. The van der Waals surface area contributed by atoms with Crippen molar-refractivity contribution in [3.05, 3.63) is 0 Å². The Morgan fingerprint density at radius 3 is 2.33 bits per heavy atom. The van der Waals surface area contributed by atoms with Crippen molar-refractivity contribution in [3.8, 4) is 0 Å². The topological polar surface area (TPSA) is 0 Å². The van der Waals surface area contributed by atoms with Gasteiger partial charge < -0.3 is 0 Å². The van der Waals surface area contributed by atoms with Crippen molar-refractivity contribution in [3.63, 3.8) is 0 Å². The molecule has 0 aromatic heterocycles. The van der Waals surface area contributed by atoms with Crippen molar-refractivity contribution < 1.29 is 0 Å². The van der Waals surface area contributed by atoms with Gasteiger partial charge in [0.05, 0.1) is 0 Å².